The average Bonchev–Trinajstić information content (AvgIpc) is 2.36. The maximum absolute atomic E-state index is 5.72. The summed E-state index contributed by atoms with van der Waals surface area (Å²) in [5.41, 5.74) is 12.9. The van der Waals surface area contributed by atoms with Gasteiger partial charge in [-0.3, -0.25) is 0 Å². The van der Waals surface area contributed by atoms with Crippen LogP contribution in [-0.4, -0.2) is 7.05 Å². The van der Waals surface area contributed by atoms with Gasteiger partial charge in [-0.1, -0.05) is 6.07 Å². The van der Waals surface area contributed by atoms with Crippen molar-refractivity contribution in [2.24, 2.45) is 0 Å². The minimum atomic E-state index is 0.795. The third-order valence-electron chi connectivity index (χ3n) is 3.67. The van der Waals surface area contributed by atoms with Crippen LogP contribution in [-0.2, 0) is 0 Å². The van der Waals surface area contributed by atoms with Crippen molar-refractivity contribution < 1.29 is 0 Å². The Balaban J connectivity index is 2.43. The molecule has 0 aliphatic rings. The van der Waals surface area contributed by atoms with Crippen molar-refractivity contribution in [3.8, 4) is 0 Å². The quantitative estimate of drug-likeness (QED) is 0.805. The molecule has 0 amide bonds. The summed E-state index contributed by atoms with van der Waals surface area (Å²) in [6.45, 7) is 6.49. The second kappa shape index (κ2) is 4.73. The number of anilines is 3. The Morgan fingerprint density at radius 3 is 2.06 bits per heavy atom. The molecule has 0 aliphatic carbocycles. The van der Waals surface area contributed by atoms with Crippen LogP contribution in [0.3, 0.4) is 0 Å². The van der Waals surface area contributed by atoms with Gasteiger partial charge in [0.15, 0.2) is 0 Å². The molecular formula is C16H20N2. The van der Waals surface area contributed by atoms with Gasteiger partial charge in [0.1, 0.15) is 0 Å². The molecule has 2 rings (SSSR count). The predicted molar refractivity (Wildman–Crippen MR) is 79.6 cm³/mol. The van der Waals surface area contributed by atoms with Crippen LogP contribution < -0.4 is 10.6 Å². The predicted octanol–water partition coefficient (Wildman–Crippen LogP) is 3.96. The van der Waals surface area contributed by atoms with Gasteiger partial charge in [-0.25, -0.2) is 0 Å². The first kappa shape index (κ1) is 12.5. The van der Waals surface area contributed by atoms with Crippen LogP contribution in [0.25, 0.3) is 0 Å². The van der Waals surface area contributed by atoms with Crippen molar-refractivity contribution in [2.75, 3.05) is 17.7 Å². The maximum atomic E-state index is 5.72. The number of hydrogen-bond acceptors (Lipinski definition) is 2. The largest absolute Gasteiger partial charge is 0.399 e. The van der Waals surface area contributed by atoms with Crippen LogP contribution in [0.5, 0.6) is 0 Å². The smallest absolute Gasteiger partial charge is 0.0440 e. The summed E-state index contributed by atoms with van der Waals surface area (Å²) in [6.07, 6.45) is 0. The number of nitrogens with zero attached hydrogens (tertiary/aromatic N) is 1. The Hall–Kier alpha value is -1.96. The fourth-order valence-corrected chi connectivity index (χ4v) is 2.14. The van der Waals surface area contributed by atoms with Crippen LogP contribution in [0.15, 0.2) is 36.4 Å². The van der Waals surface area contributed by atoms with E-state index in [1.165, 1.54) is 22.4 Å². The zero-order valence-electron chi connectivity index (χ0n) is 11.5. The fourth-order valence-electron chi connectivity index (χ4n) is 2.14. The molecule has 0 aromatic heterocycles. The van der Waals surface area contributed by atoms with Crippen molar-refractivity contribution in [1.82, 2.24) is 0 Å². The molecule has 0 aliphatic heterocycles. The SMILES string of the molecule is Cc1ccc(N(C)c2ccc(N)cc2)c(C)c1C. The summed E-state index contributed by atoms with van der Waals surface area (Å²) in [5, 5.41) is 0. The molecule has 94 valence electrons. The summed E-state index contributed by atoms with van der Waals surface area (Å²) < 4.78 is 0. The first-order valence-electron chi connectivity index (χ1n) is 6.17. The molecule has 0 heterocycles. The lowest BCUT2D eigenvalue weighted by molar-refractivity contribution is 1.15. The Kier molecular flexibility index (Phi) is 3.28. The molecule has 0 radical (unpaired) electrons. The van der Waals surface area contributed by atoms with Crippen LogP contribution in [0.2, 0.25) is 0 Å². The van der Waals surface area contributed by atoms with E-state index < -0.39 is 0 Å². The van der Waals surface area contributed by atoms with Gasteiger partial charge in [0, 0.05) is 24.1 Å². The average molecular weight is 240 g/mol. The highest BCUT2D eigenvalue weighted by molar-refractivity contribution is 5.68. The zero-order valence-corrected chi connectivity index (χ0v) is 11.5. The first-order chi connectivity index (χ1) is 8.50. The molecule has 0 unspecified atom stereocenters. The van der Waals surface area contributed by atoms with Gasteiger partial charge in [0.25, 0.3) is 0 Å². The molecule has 0 fully saturated rings. The maximum Gasteiger partial charge on any atom is 0.0440 e. The van der Waals surface area contributed by atoms with E-state index in [-0.39, 0.29) is 0 Å². The van der Waals surface area contributed by atoms with E-state index in [2.05, 4.69) is 44.9 Å². The molecule has 0 atom stereocenters. The van der Waals surface area contributed by atoms with Gasteiger partial charge < -0.3 is 10.6 Å². The highest BCUT2D eigenvalue weighted by Gasteiger charge is 2.09. The zero-order chi connectivity index (χ0) is 13.3. The Labute approximate surface area is 109 Å². The normalized spacial score (nSPS) is 10.4. The summed E-state index contributed by atoms with van der Waals surface area (Å²) in [5.74, 6) is 0. The van der Waals surface area contributed by atoms with E-state index in [1.807, 2.05) is 24.3 Å². The van der Waals surface area contributed by atoms with Crippen molar-refractivity contribution in [3.05, 3.63) is 53.1 Å². The molecule has 2 aromatic carbocycles. The minimum absolute atomic E-state index is 0.795. The van der Waals surface area contributed by atoms with Gasteiger partial charge in [-0.2, -0.15) is 0 Å². The number of rotatable bonds is 2. The summed E-state index contributed by atoms with van der Waals surface area (Å²) >= 11 is 0. The second-order valence-electron chi connectivity index (χ2n) is 4.80. The molecule has 18 heavy (non-hydrogen) atoms. The van der Waals surface area contributed by atoms with Gasteiger partial charge in [-0.15, -0.1) is 0 Å². The van der Waals surface area contributed by atoms with E-state index in [4.69, 9.17) is 5.73 Å². The number of benzene rings is 2. The third kappa shape index (κ3) is 2.19. The van der Waals surface area contributed by atoms with Crippen molar-refractivity contribution >= 4 is 17.1 Å². The number of nitrogens with two attached hydrogens (primary N) is 1. The lowest BCUT2D eigenvalue weighted by Crippen LogP contribution is -2.11. The minimum Gasteiger partial charge on any atom is -0.399 e. The molecule has 2 heteroatoms. The molecule has 2 N–H and O–H groups in total. The summed E-state index contributed by atoms with van der Waals surface area (Å²) in [4.78, 5) is 2.20. The number of hydrogen-bond donors (Lipinski definition) is 1. The highest BCUT2D eigenvalue weighted by atomic mass is 15.1. The number of aryl methyl sites for hydroxylation is 1. The summed E-state index contributed by atoms with van der Waals surface area (Å²) in [6, 6.07) is 12.3. The lowest BCUT2D eigenvalue weighted by Gasteiger charge is -2.23. The van der Waals surface area contributed by atoms with Crippen LogP contribution in [0.1, 0.15) is 16.7 Å². The van der Waals surface area contributed by atoms with Gasteiger partial charge >= 0.3 is 0 Å². The highest BCUT2D eigenvalue weighted by Crippen LogP contribution is 2.30. The summed E-state index contributed by atoms with van der Waals surface area (Å²) in [7, 11) is 2.09. The first-order valence-corrected chi connectivity index (χ1v) is 6.17. The van der Waals surface area contributed by atoms with E-state index in [0.29, 0.717) is 0 Å². The molecule has 0 saturated carbocycles. The van der Waals surface area contributed by atoms with E-state index >= 15 is 0 Å². The lowest BCUT2D eigenvalue weighted by atomic mass is 10.0. The Morgan fingerprint density at radius 2 is 1.44 bits per heavy atom. The van der Waals surface area contributed by atoms with Gasteiger partial charge in [0.2, 0.25) is 0 Å². The molecule has 2 nitrogen and oxygen atoms in total. The molecule has 0 spiro atoms. The molecule has 0 saturated heterocycles. The standard InChI is InChI=1S/C16H20N2/c1-11-5-10-16(13(3)12(11)2)18(4)15-8-6-14(17)7-9-15/h5-10H,17H2,1-4H3. The van der Waals surface area contributed by atoms with Crippen LogP contribution in [0.4, 0.5) is 17.1 Å². The van der Waals surface area contributed by atoms with Crippen LogP contribution >= 0.6 is 0 Å². The second-order valence-corrected chi connectivity index (χ2v) is 4.80. The van der Waals surface area contributed by atoms with E-state index in [1.54, 1.807) is 0 Å². The van der Waals surface area contributed by atoms with Gasteiger partial charge in [0.05, 0.1) is 0 Å². The van der Waals surface area contributed by atoms with Crippen molar-refractivity contribution in [1.29, 1.82) is 0 Å². The number of nitrogen functional groups attached to an aromatic ring is 1. The monoisotopic (exact) mass is 240 g/mol. The Morgan fingerprint density at radius 1 is 0.833 bits per heavy atom. The van der Waals surface area contributed by atoms with E-state index in [9.17, 15) is 0 Å². The fraction of sp³-hybridized carbons (Fsp3) is 0.250. The topological polar surface area (TPSA) is 29.3 Å². The van der Waals surface area contributed by atoms with Gasteiger partial charge in [-0.05, 0) is 67.8 Å². The van der Waals surface area contributed by atoms with Crippen LogP contribution in [0, 0.1) is 20.8 Å². The third-order valence-corrected chi connectivity index (χ3v) is 3.67. The van der Waals surface area contributed by atoms with Crippen molar-refractivity contribution in [3.63, 3.8) is 0 Å². The molecule has 0 bridgehead atoms. The molecule has 2 aromatic rings. The van der Waals surface area contributed by atoms with Crippen molar-refractivity contribution in [2.45, 2.75) is 20.8 Å². The Bertz CT molecular complexity index is 556. The van der Waals surface area contributed by atoms with E-state index in [0.717, 1.165) is 11.4 Å². The molecular weight excluding hydrogens is 220 g/mol.